The van der Waals surface area contributed by atoms with Gasteiger partial charge in [-0.3, -0.25) is 19.1 Å². The number of rotatable bonds is 6. The molecule has 1 saturated heterocycles. The maximum Gasteiger partial charge on any atom is 0.323 e. The van der Waals surface area contributed by atoms with Gasteiger partial charge in [-0.2, -0.15) is 5.10 Å². The molecular weight excluding hydrogens is 352 g/mol. The molecule has 0 aromatic carbocycles. The van der Waals surface area contributed by atoms with E-state index < -0.39 is 5.97 Å². The Morgan fingerprint density at radius 3 is 2.52 bits per heavy atom. The Bertz CT molecular complexity index is 715. The van der Waals surface area contributed by atoms with E-state index >= 15 is 0 Å². The lowest BCUT2D eigenvalue weighted by Crippen LogP contribution is -2.43. The first-order valence-electron chi connectivity index (χ1n) is 9.10. The molecule has 2 heterocycles. The van der Waals surface area contributed by atoms with Gasteiger partial charge in [0.2, 0.25) is 5.91 Å². The van der Waals surface area contributed by atoms with Gasteiger partial charge in [0.25, 0.3) is 5.91 Å². The van der Waals surface area contributed by atoms with Crippen molar-refractivity contribution in [3.05, 3.63) is 11.4 Å². The van der Waals surface area contributed by atoms with Crippen molar-refractivity contribution in [2.45, 2.75) is 46.1 Å². The van der Waals surface area contributed by atoms with E-state index in [0.717, 1.165) is 11.4 Å². The Hall–Kier alpha value is -2.58. The Morgan fingerprint density at radius 1 is 1.26 bits per heavy atom. The third-order valence-corrected chi connectivity index (χ3v) is 4.98. The molecule has 1 N–H and O–H groups in total. The standard InChI is InChI=1S/C18H28N4O5/c1-12-18(13(2)20(4)19-12)27-11-16(24)21-8-5-6-15(7-9-21)22(14(3)23)10-17(25)26/h15H,5-11H2,1-4H3,(H,25,26). The van der Waals surface area contributed by atoms with Crippen molar-refractivity contribution in [2.75, 3.05) is 26.2 Å². The van der Waals surface area contributed by atoms with Crippen molar-refractivity contribution in [2.24, 2.45) is 7.05 Å². The summed E-state index contributed by atoms with van der Waals surface area (Å²) in [5.41, 5.74) is 1.60. The van der Waals surface area contributed by atoms with E-state index in [0.29, 0.717) is 38.1 Å². The van der Waals surface area contributed by atoms with E-state index in [1.807, 2.05) is 20.9 Å². The van der Waals surface area contributed by atoms with Gasteiger partial charge in [-0.25, -0.2) is 0 Å². The van der Waals surface area contributed by atoms with Crippen LogP contribution in [0.4, 0.5) is 0 Å². The number of likely N-dealkylation sites (tertiary alicyclic amines) is 1. The molecule has 9 heteroatoms. The predicted molar refractivity (Wildman–Crippen MR) is 97.4 cm³/mol. The van der Waals surface area contributed by atoms with E-state index in [9.17, 15) is 14.4 Å². The van der Waals surface area contributed by atoms with Crippen LogP contribution in [0.3, 0.4) is 0 Å². The van der Waals surface area contributed by atoms with Crippen LogP contribution in [0.25, 0.3) is 0 Å². The molecule has 0 bridgehead atoms. The molecule has 1 aliphatic rings. The zero-order valence-corrected chi connectivity index (χ0v) is 16.4. The molecule has 27 heavy (non-hydrogen) atoms. The lowest BCUT2D eigenvalue weighted by Gasteiger charge is -2.28. The van der Waals surface area contributed by atoms with Crippen molar-refractivity contribution >= 4 is 17.8 Å². The first-order chi connectivity index (χ1) is 12.7. The number of carbonyl (C=O) groups is 3. The molecule has 1 aliphatic heterocycles. The molecule has 1 aromatic rings. The highest BCUT2D eigenvalue weighted by atomic mass is 16.5. The van der Waals surface area contributed by atoms with Gasteiger partial charge in [0, 0.05) is 33.1 Å². The van der Waals surface area contributed by atoms with Crippen molar-refractivity contribution in [3.8, 4) is 5.75 Å². The van der Waals surface area contributed by atoms with Gasteiger partial charge in [-0.1, -0.05) is 0 Å². The SMILES string of the molecule is CC(=O)N(CC(=O)O)C1CCCN(C(=O)COc2c(C)nn(C)c2C)CC1. The quantitative estimate of drug-likeness (QED) is 0.780. The number of carbonyl (C=O) groups excluding carboxylic acids is 2. The minimum Gasteiger partial charge on any atom is -0.480 e. The fraction of sp³-hybridized carbons (Fsp3) is 0.667. The van der Waals surface area contributed by atoms with Crippen LogP contribution in [0.2, 0.25) is 0 Å². The van der Waals surface area contributed by atoms with Crippen molar-refractivity contribution in [1.29, 1.82) is 0 Å². The van der Waals surface area contributed by atoms with Crippen molar-refractivity contribution < 1.29 is 24.2 Å². The summed E-state index contributed by atoms with van der Waals surface area (Å²) in [7, 11) is 1.82. The van der Waals surface area contributed by atoms with Gasteiger partial charge >= 0.3 is 5.97 Å². The molecule has 2 amide bonds. The normalized spacial score (nSPS) is 17.3. The average molecular weight is 380 g/mol. The van der Waals surface area contributed by atoms with Crippen LogP contribution >= 0.6 is 0 Å². The van der Waals surface area contributed by atoms with Gasteiger partial charge in [0.05, 0.1) is 5.69 Å². The second-order valence-electron chi connectivity index (χ2n) is 6.92. The number of aliphatic carboxylic acids is 1. The topological polar surface area (TPSA) is 105 Å². The van der Waals surface area contributed by atoms with Crippen LogP contribution in [0, 0.1) is 13.8 Å². The van der Waals surface area contributed by atoms with Crippen molar-refractivity contribution in [1.82, 2.24) is 19.6 Å². The van der Waals surface area contributed by atoms with E-state index in [4.69, 9.17) is 9.84 Å². The van der Waals surface area contributed by atoms with E-state index in [1.165, 1.54) is 11.8 Å². The monoisotopic (exact) mass is 380 g/mol. The lowest BCUT2D eigenvalue weighted by atomic mass is 10.1. The first-order valence-corrected chi connectivity index (χ1v) is 9.10. The lowest BCUT2D eigenvalue weighted by molar-refractivity contribution is -0.145. The molecule has 0 radical (unpaired) electrons. The largest absolute Gasteiger partial charge is 0.480 e. The van der Waals surface area contributed by atoms with Gasteiger partial charge in [-0.15, -0.1) is 0 Å². The molecule has 2 rings (SSSR count). The summed E-state index contributed by atoms with van der Waals surface area (Å²) >= 11 is 0. The highest BCUT2D eigenvalue weighted by Gasteiger charge is 2.27. The van der Waals surface area contributed by atoms with Crippen LogP contribution in [-0.4, -0.2) is 74.8 Å². The Kier molecular flexibility index (Phi) is 6.81. The minimum atomic E-state index is -1.03. The zero-order valence-electron chi connectivity index (χ0n) is 16.4. The first kappa shape index (κ1) is 20.7. The average Bonchev–Trinajstić information content (AvgIpc) is 2.78. The highest BCUT2D eigenvalue weighted by molar-refractivity contribution is 5.80. The molecule has 0 saturated carbocycles. The highest BCUT2D eigenvalue weighted by Crippen LogP contribution is 2.22. The van der Waals surface area contributed by atoms with Gasteiger partial charge in [0.15, 0.2) is 12.4 Å². The number of nitrogens with zero attached hydrogens (tertiary/aromatic N) is 4. The molecule has 0 aliphatic carbocycles. The number of amides is 2. The maximum absolute atomic E-state index is 12.5. The van der Waals surface area contributed by atoms with Crippen LogP contribution in [0.5, 0.6) is 5.75 Å². The number of hydrogen-bond donors (Lipinski definition) is 1. The Balaban J connectivity index is 1.93. The number of ether oxygens (including phenoxy) is 1. The number of carboxylic acid groups (broad SMARTS) is 1. The number of carboxylic acids is 1. The third kappa shape index (κ3) is 5.21. The molecule has 1 atom stereocenters. The third-order valence-electron chi connectivity index (χ3n) is 4.98. The summed E-state index contributed by atoms with van der Waals surface area (Å²) in [4.78, 5) is 38.4. The maximum atomic E-state index is 12.5. The van der Waals surface area contributed by atoms with Crippen LogP contribution in [0.15, 0.2) is 0 Å². The van der Waals surface area contributed by atoms with E-state index in [2.05, 4.69) is 5.10 Å². The minimum absolute atomic E-state index is 0.0659. The van der Waals surface area contributed by atoms with Crippen LogP contribution in [0.1, 0.15) is 37.6 Å². The Morgan fingerprint density at radius 2 is 1.96 bits per heavy atom. The summed E-state index contributed by atoms with van der Waals surface area (Å²) in [6, 6.07) is -0.167. The van der Waals surface area contributed by atoms with Crippen LogP contribution < -0.4 is 4.74 Å². The molecule has 1 fully saturated rings. The molecule has 9 nitrogen and oxygen atoms in total. The number of hydrogen-bond acceptors (Lipinski definition) is 5. The number of aromatic nitrogens is 2. The summed E-state index contributed by atoms with van der Waals surface area (Å²) in [6.45, 7) is 5.77. The molecular formula is C18H28N4O5. The van der Waals surface area contributed by atoms with Crippen LogP contribution in [-0.2, 0) is 21.4 Å². The molecule has 150 valence electrons. The second kappa shape index (κ2) is 8.88. The van der Waals surface area contributed by atoms with Gasteiger partial charge in [-0.05, 0) is 33.1 Å². The molecule has 0 spiro atoms. The van der Waals surface area contributed by atoms with E-state index in [-0.39, 0.29) is 31.0 Å². The summed E-state index contributed by atoms with van der Waals surface area (Å²) < 4.78 is 7.41. The number of aryl methyl sites for hydroxylation is 2. The molecule has 1 aromatic heterocycles. The summed E-state index contributed by atoms with van der Waals surface area (Å²) in [5, 5.41) is 13.3. The van der Waals surface area contributed by atoms with Gasteiger partial charge < -0.3 is 19.6 Å². The predicted octanol–water partition coefficient (Wildman–Crippen LogP) is 0.730. The molecule has 1 unspecified atom stereocenters. The van der Waals surface area contributed by atoms with Crippen molar-refractivity contribution in [3.63, 3.8) is 0 Å². The fourth-order valence-electron chi connectivity index (χ4n) is 3.47. The summed E-state index contributed by atoms with van der Waals surface area (Å²) in [6.07, 6.45) is 1.95. The summed E-state index contributed by atoms with van der Waals surface area (Å²) in [5.74, 6) is -0.778. The zero-order chi connectivity index (χ0) is 20.1. The smallest absolute Gasteiger partial charge is 0.323 e. The second-order valence-corrected chi connectivity index (χ2v) is 6.92. The van der Waals surface area contributed by atoms with Gasteiger partial charge in [0.1, 0.15) is 12.2 Å². The Labute approximate surface area is 158 Å². The van der Waals surface area contributed by atoms with E-state index in [1.54, 1.807) is 9.58 Å². The fourth-order valence-corrected chi connectivity index (χ4v) is 3.47.